The van der Waals surface area contributed by atoms with E-state index in [1.165, 1.54) is 24.1 Å². The Bertz CT molecular complexity index is 456. The lowest BCUT2D eigenvalue weighted by atomic mass is 10.1. The SMILES string of the molecule is Cc1cc2c(cc1N(C)CC1CCCN1)OCCO2. The summed E-state index contributed by atoms with van der Waals surface area (Å²) in [5, 5.41) is 3.54. The van der Waals surface area contributed by atoms with Crippen LogP contribution in [0.5, 0.6) is 11.5 Å². The van der Waals surface area contributed by atoms with E-state index < -0.39 is 0 Å². The van der Waals surface area contributed by atoms with Gasteiger partial charge in [-0.1, -0.05) is 0 Å². The van der Waals surface area contributed by atoms with Crippen molar-refractivity contribution in [2.24, 2.45) is 0 Å². The summed E-state index contributed by atoms with van der Waals surface area (Å²) in [6.07, 6.45) is 2.56. The van der Waals surface area contributed by atoms with Gasteiger partial charge in [-0.25, -0.2) is 0 Å². The predicted octanol–water partition coefficient (Wildman–Crippen LogP) is 1.95. The van der Waals surface area contributed by atoms with Gasteiger partial charge in [0.15, 0.2) is 11.5 Å². The van der Waals surface area contributed by atoms with Gasteiger partial charge in [0, 0.05) is 31.4 Å². The fourth-order valence-electron chi connectivity index (χ4n) is 2.93. The molecule has 3 rings (SSSR count). The Kier molecular flexibility index (Phi) is 3.51. The maximum Gasteiger partial charge on any atom is 0.163 e. The molecule has 1 saturated heterocycles. The molecule has 4 heteroatoms. The highest BCUT2D eigenvalue weighted by Gasteiger charge is 2.19. The van der Waals surface area contributed by atoms with Crippen LogP contribution in [-0.2, 0) is 0 Å². The van der Waals surface area contributed by atoms with Crippen LogP contribution >= 0.6 is 0 Å². The Morgan fingerprint density at radius 1 is 1.26 bits per heavy atom. The maximum atomic E-state index is 5.67. The summed E-state index contributed by atoms with van der Waals surface area (Å²) in [7, 11) is 2.15. The van der Waals surface area contributed by atoms with E-state index in [0.29, 0.717) is 19.3 Å². The smallest absolute Gasteiger partial charge is 0.163 e. The van der Waals surface area contributed by atoms with E-state index in [4.69, 9.17) is 9.47 Å². The van der Waals surface area contributed by atoms with Crippen LogP contribution in [-0.4, -0.2) is 39.4 Å². The Morgan fingerprint density at radius 3 is 2.68 bits per heavy atom. The van der Waals surface area contributed by atoms with Crippen molar-refractivity contribution in [3.63, 3.8) is 0 Å². The number of aryl methyl sites for hydroxylation is 1. The van der Waals surface area contributed by atoms with Crippen molar-refractivity contribution in [1.82, 2.24) is 5.32 Å². The molecule has 1 N–H and O–H groups in total. The van der Waals surface area contributed by atoms with Gasteiger partial charge in [0.25, 0.3) is 0 Å². The highest BCUT2D eigenvalue weighted by molar-refractivity contribution is 5.61. The number of ether oxygens (including phenoxy) is 2. The number of hydrogen-bond acceptors (Lipinski definition) is 4. The van der Waals surface area contributed by atoms with Gasteiger partial charge in [-0.05, 0) is 37.9 Å². The largest absolute Gasteiger partial charge is 0.486 e. The highest BCUT2D eigenvalue weighted by atomic mass is 16.6. The van der Waals surface area contributed by atoms with Crippen molar-refractivity contribution in [1.29, 1.82) is 0 Å². The van der Waals surface area contributed by atoms with Crippen LogP contribution in [0, 0.1) is 6.92 Å². The molecule has 104 valence electrons. The van der Waals surface area contributed by atoms with E-state index >= 15 is 0 Å². The normalized spacial score (nSPS) is 21.5. The highest BCUT2D eigenvalue weighted by Crippen LogP contribution is 2.36. The molecule has 0 spiro atoms. The summed E-state index contributed by atoms with van der Waals surface area (Å²) in [5.74, 6) is 1.75. The Balaban J connectivity index is 1.78. The lowest BCUT2D eigenvalue weighted by Crippen LogP contribution is -2.35. The van der Waals surface area contributed by atoms with Crippen LogP contribution in [0.2, 0.25) is 0 Å². The van der Waals surface area contributed by atoms with Crippen molar-refractivity contribution in [2.75, 3.05) is 38.3 Å². The molecule has 0 amide bonds. The summed E-state index contributed by atoms with van der Waals surface area (Å²) in [4.78, 5) is 2.32. The standard InChI is InChI=1S/C15H22N2O2/c1-11-8-14-15(19-7-6-18-14)9-13(11)17(2)10-12-4-3-5-16-12/h8-9,12,16H,3-7,10H2,1-2H3. The lowest BCUT2D eigenvalue weighted by molar-refractivity contribution is 0.171. The van der Waals surface area contributed by atoms with E-state index in [9.17, 15) is 0 Å². The molecule has 4 nitrogen and oxygen atoms in total. The number of hydrogen-bond donors (Lipinski definition) is 1. The number of nitrogens with zero attached hydrogens (tertiary/aromatic N) is 1. The average molecular weight is 262 g/mol. The van der Waals surface area contributed by atoms with Crippen LogP contribution < -0.4 is 19.7 Å². The monoisotopic (exact) mass is 262 g/mol. The van der Waals surface area contributed by atoms with Crippen molar-refractivity contribution >= 4 is 5.69 Å². The van der Waals surface area contributed by atoms with Gasteiger partial charge < -0.3 is 19.7 Å². The van der Waals surface area contributed by atoms with E-state index in [-0.39, 0.29) is 0 Å². The number of likely N-dealkylation sites (N-methyl/N-ethyl adjacent to an activating group) is 1. The number of rotatable bonds is 3. The zero-order valence-corrected chi connectivity index (χ0v) is 11.7. The van der Waals surface area contributed by atoms with Crippen LogP contribution in [0.4, 0.5) is 5.69 Å². The molecule has 1 unspecified atom stereocenters. The van der Waals surface area contributed by atoms with Crippen LogP contribution in [0.15, 0.2) is 12.1 Å². The topological polar surface area (TPSA) is 33.7 Å². The first-order chi connectivity index (χ1) is 9.24. The van der Waals surface area contributed by atoms with Crippen molar-refractivity contribution in [3.05, 3.63) is 17.7 Å². The zero-order valence-electron chi connectivity index (χ0n) is 11.7. The third-order valence-electron chi connectivity index (χ3n) is 3.93. The van der Waals surface area contributed by atoms with Gasteiger partial charge in [-0.3, -0.25) is 0 Å². The molecule has 0 bridgehead atoms. The fourth-order valence-corrected chi connectivity index (χ4v) is 2.93. The van der Waals surface area contributed by atoms with Crippen LogP contribution in [0.3, 0.4) is 0 Å². The molecule has 19 heavy (non-hydrogen) atoms. The lowest BCUT2D eigenvalue weighted by Gasteiger charge is -2.27. The summed E-state index contributed by atoms with van der Waals surface area (Å²) < 4.78 is 11.3. The van der Waals surface area contributed by atoms with E-state index in [1.807, 2.05) is 0 Å². The second-order valence-corrected chi connectivity index (χ2v) is 5.46. The minimum absolute atomic E-state index is 0.609. The molecule has 0 aliphatic carbocycles. The first-order valence-corrected chi connectivity index (χ1v) is 7.09. The molecule has 1 atom stereocenters. The maximum absolute atomic E-state index is 5.67. The summed E-state index contributed by atoms with van der Waals surface area (Å²) in [5.41, 5.74) is 2.47. The molecule has 1 aromatic rings. The molecule has 0 radical (unpaired) electrons. The molecule has 2 aliphatic rings. The average Bonchev–Trinajstić information content (AvgIpc) is 2.90. The summed E-state index contributed by atoms with van der Waals surface area (Å²) in [6.45, 7) is 5.61. The molecule has 1 fully saturated rings. The van der Waals surface area contributed by atoms with Crippen LogP contribution in [0.1, 0.15) is 18.4 Å². The van der Waals surface area contributed by atoms with Crippen molar-refractivity contribution in [3.8, 4) is 11.5 Å². The van der Waals surface area contributed by atoms with Crippen molar-refractivity contribution in [2.45, 2.75) is 25.8 Å². The van der Waals surface area contributed by atoms with Gasteiger partial charge in [-0.15, -0.1) is 0 Å². The van der Waals surface area contributed by atoms with E-state index in [0.717, 1.165) is 24.6 Å². The first-order valence-electron chi connectivity index (χ1n) is 7.09. The first kappa shape index (κ1) is 12.6. The van der Waals surface area contributed by atoms with Gasteiger partial charge in [0.05, 0.1) is 0 Å². The van der Waals surface area contributed by atoms with Gasteiger partial charge >= 0.3 is 0 Å². The van der Waals surface area contributed by atoms with Gasteiger partial charge in [-0.2, -0.15) is 0 Å². The number of benzene rings is 1. The molecule has 0 saturated carbocycles. The van der Waals surface area contributed by atoms with Crippen LogP contribution in [0.25, 0.3) is 0 Å². The molecule has 1 aromatic carbocycles. The fraction of sp³-hybridized carbons (Fsp3) is 0.600. The Labute approximate surface area is 114 Å². The summed E-state index contributed by atoms with van der Waals surface area (Å²) in [6, 6.07) is 4.80. The van der Waals surface area contributed by atoms with Gasteiger partial charge in [0.2, 0.25) is 0 Å². The van der Waals surface area contributed by atoms with Gasteiger partial charge in [0.1, 0.15) is 13.2 Å². The minimum atomic E-state index is 0.609. The van der Waals surface area contributed by atoms with E-state index in [1.54, 1.807) is 0 Å². The molecule has 0 aromatic heterocycles. The quantitative estimate of drug-likeness (QED) is 0.903. The number of anilines is 1. The zero-order chi connectivity index (χ0) is 13.2. The predicted molar refractivity (Wildman–Crippen MR) is 76.5 cm³/mol. The molecular weight excluding hydrogens is 240 g/mol. The molecular formula is C15H22N2O2. The Morgan fingerprint density at radius 2 is 2.00 bits per heavy atom. The minimum Gasteiger partial charge on any atom is -0.486 e. The number of fused-ring (bicyclic) bond motifs is 1. The van der Waals surface area contributed by atoms with E-state index in [2.05, 4.69) is 36.3 Å². The summed E-state index contributed by atoms with van der Waals surface area (Å²) >= 11 is 0. The molecule has 2 heterocycles. The second-order valence-electron chi connectivity index (χ2n) is 5.46. The Hall–Kier alpha value is -1.42. The molecule has 2 aliphatic heterocycles. The number of nitrogens with one attached hydrogen (secondary N) is 1. The third kappa shape index (κ3) is 2.63. The van der Waals surface area contributed by atoms with Crippen molar-refractivity contribution < 1.29 is 9.47 Å². The second kappa shape index (κ2) is 5.29. The third-order valence-corrected chi connectivity index (χ3v) is 3.93.